The van der Waals surface area contributed by atoms with E-state index in [0.29, 0.717) is 0 Å². The highest BCUT2D eigenvalue weighted by Gasteiger charge is 2.42. The van der Waals surface area contributed by atoms with Crippen molar-refractivity contribution in [3.05, 3.63) is 58.6 Å². The van der Waals surface area contributed by atoms with Crippen molar-refractivity contribution in [1.29, 1.82) is 0 Å². The Bertz CT molecular complexity index is 1170. The fraction of sp³-hybridized carbons (Fsp3) is 0.400. The van der Waals surface area contributed by atoms with Crippen LogP contribution in [0, 0.1) is 0 Å². The van der Waals surface area contributed by atoms with Gasteiger partial charge in [0.15, 0.2) is 0 Å². The Morgan fingerprint density at radius 1 is 0.862 bits per heavy atom. The number of aromatic nitrogens is 2. The molecule has 0 radical (unpaired) electrons. The first-order chi connectivity index (χ1) is 13.8. The van der Waals surface area contributed by atoms with Crippen molar-refractivity contribution in [3.63, 3.8) is 0 Å². The Morgan fingerprint density at radius 2 is 1.48 bits per heavy atom. The van der Waals surface area contributed by atoms with E-state index in [9.17, 15) is 0 Å². The summed E-state index contributed by atoms with van der Waals surface area (Å²) >= 11 is 3.83. The smallest absolute Gasteiger partial charge is 0.0934 e. The van der Waals surface area contributed by atoms with Crippen LogP contribution in [-0.2, 0) is 6.04 Å². The van der Waals surface area contributed by atoms with Crippen LogP contribution in [0.4, 0.5) is 0 Å². The SMILES string of the molecule is CC(C)[Si](Cc1cc2c3ccccc3nn2c2c(Br)cccc12)(C(C)C)C(C)C. The lowest BCUT2D eigenvalue weighted by atomic mass is 10.1. The second-order valence-corrected chi connectivity index (χ2v) is 16.3. The van der Waals surface area contributed by atoms with E-state index in [2.05, 4.69) is 111 Å². The average Bonchev–Trinajstić information content (AvgIpc) is 3.03. The third kappa shape index (κ3) is 3.16. The quantitative estimate of drug-likeness (QED) is 0.271. The van der Waals surface area contributed by atoms with Crippen LogP contribution in [-0.4, -0.2) is 17.7 Å². The third-order valence-corrected chi connectivity index (χ3v) is 15.3. The van der Waals surface area contributed by atoms with E-state index in [1.165, 1.54) is 33.4 Å². The van der Waals surface area contributed by atoms with Crippen molar-refractivity contribution in [1.82, 2.24) is 9.61 Å². The van der Waals surface area contributed by atoms with Crippen LogP contribution in [0.3, 0.4) is 0 Å². The first-order valence-corrected chi connectivity index (χ1v) is 14.0. The minimum Gasteiger partial charge on any atom is -0.231 e. The molecule has 2 heterocycles. The van der Waals surface area contributed by atoms with Crippen molar-refractivity contribution >= 4 is 51.3 Å². The minimum atomic E-state index is -1.58. The standard InChI is InChI=1S/C25H31BrN2Si/c1-16(2)29(17(3)4,18(5)6)15-19-14-24-21-10-7-8-13-23(21)27-28(24)25-20(19)11-9-12-22(25)26/h7-14,16-18H,15H2,1-6H3. The molecule has 2 aromatic heterocycles. The van der Waals surface area contributed by atoms with Gasteiger partial charge in [-0.15, -0.1) is 0 Å². The normalized spacial score (nSPS) is 13.0. The molecule has 0 aliphatic heterocycles. The van der Waals surface area contributed by atoms with Crippen molar-refractivity contribution in [2.24, 2.45) is 0 Å². The molecule has 0 spiro atoms. The molecule has 0 fully saturated rings. The molecule has 0 aliphatic rings. The molecule has 0 bridgehead atoms. The molecular weight excluding hydrogens is 436 g/mol. The number of nitrogens with zero attached hydrogens (tertiary/aromatic N) is 2. The first kappa shape index (κ1) is 20.6. The third-order valence-electron chi connectivity index (χ3n) is 7.19. The number of fused-ring (bicyclic) bond motifs is 5. The van der Waals surface area contributed by atoms with Crippen LogP contribution >= 0.6 is 15.9 Å². The number of hydrogen-bond acceptors (Lipinski definition) is 1. The van der Waals surface area contributed by atoms with Crippen LogP contribution in [0.1, 0.15) is 47.1 Å². The molecule has 0 amide bonds. The molecule has 0 saturated heterocycles. The highest BCUT2D eigenvalue weighted by Crippen LogP contribution is 2.45. The molecule has 29 heavy (non-hydrogen) atoms. The van der Waals surface area contributed by atoms with Gasteiger partial charge < -0.3 is 0 Å². The van der Waals surface area contributed by atoms with E-state index in [4.69, 9.17) is 5.10 Å². The Hall–Kier alpha value is -1.65. The van der Waals surface area contributed by atoms with Crippen LogP contribution in [0.2, 0.25) is 16.6 Å². The maximum atomic E-state index is 4.95. The number of halogens is 1. The van der Waals surface area contributed by atoms with E-state index in [0.717, 1.165) is 26.6 Å². The molecule has 0 aliphatic carbocycles. The summed E-state index contributed by atoms with van der Waals surface area (Å²) in [5.41, 5.74) is 7.17. The van der Waals surface area contributed by atoms with E-state index in [1.807, 2.05) is 0 Å². The zero-order valence-corrected chi connectivity index (χ0v) is 20.9. The van der Waals surface area contributed by atoms with Gasteiger partial charge in [0.2, 0.25) is 0 Å². The lowest BCUT2D eigenvalue weighted by Gasteiger charge is -2.43. The predicted molar refractivity (Wildman–Crippen MR) is 133 cm³/mol. The summed E-state index contributed by atoms with van der Waals surface area (Å²) in [6.07, 6.45) is 0. The summed E-state index contributed by atoms with van der Waals surface area (Å²) in [4.78, 5) is 0. The first-order valence-electron chi connectivity index (χ1n) is 10.7. The van der Waals surface area contributed by atoms with Gasteiger partial charge in [0.1, 0.15) is 0 Å². The summed E-state index contributed by atoms with van der Waals surface area (Å²) < 4.78 is 3.25. The summed E-state index contributed by atoms with van der Waals surface area (Å²) in [7, 11) is -1.58. The highest BCUT2D eigenvalue weighted by atomic mass is 79.9. The monoisotopic (exact) mass is 466 g/mol. The maximum Gasteiger partial charge on any atom is 0.0934 e. The fourth-order valence-corrected chi connectivity index (χ4v) is 12.4. The molecule has 0 atom stereocenters. The topological polar surface area (TPSA) is 17.3 Å². The summed E-state index contributed by atoms with van der Waals surface area (Å²) in [5.74, 6) is 0. The zero-order valence-electron chi connectivity index (χ0n) is 18.3. The van der Waals surface area contributed by atoms with Gasteiger partial charge in [-0.1, -0.05) is 88.5 Å². The Balaban J connectivity index is 2.08. The van der Waals surface area contributed by atoms with E-state index in [-0.39, 0.29) is 0 Å². The molecule has 0 saturated carbocycles. The van der Waals surface area contributed by atoms with Crippen LogP contribution < -0.4 is 0 Å². The van der Waals surface area contributed by atoms with Gasteiger partial charge in [0, 0.05) is 15.2 Å². The number of pyridine rings is 1. The molecule has 0 N–H and O–H groups in total. The van der Waals surface area contributed by atoms with E-state index >= 15 is 0 Å². The zero-order chi connectivity index (χ0) is 20.9. The minimum absolute atomic E-state index is 0.739. The molecule has 2 aromatic carbocycles. The second kappa shape index (κ2) is 7.55. The van der Waals surface area contributed by atoms with Gasteiger partial charge in [0.25, 0.3) is 0 Å². The number of para-hydroxylation sites is 1. The van der Waals surface area contributed by atoms with E-state index < -0.39 is 8.07 Å². The Morgan fingerprint density at radius 3 is 2.14 bits per heavy atom. The summed E-state index contributed by atoms with van der Waals surface area (Å²) in [6, 6.07) is 18.7. The van der Waals surface area contributed by atoms with Crippen LogP contribution in [0.15, 0.2) is 53.0 Å². The lowest BCUT2D eigenvalue weighted by Crippen LogP contribution is -2.47. The number of rotatable bonds is 5. The Kier molecular flexibility index (Phi) is 5.37. The largest absolute Gasteiger partial charge is 0.231 e. The van der Waals surface area contributed by atoms with Gasteiger partial charge in [0.05, 0.1) is 24.6 Å². The molecular formula is C25H31BrN2Si. The van der Waals surface area contributed by atoms with E-state index in [1.54, 1.807) is 0 Å². The van der Waals surface area contributed by atoms with Gasteiger partial charge in [-0.3, -0.25) is 0 Å². The summed E-state index contributed by atoms with van der Waals surface area (Å²) in [6.45, 7) is 14.7. The number of hydrogen-bond donors (Lipinski definition) is 0. The van der Waals surface area contributed by atoms with Crippen molar-refractivity contribution in [2.45, 2.75) is 64.2 Å². The molecule has 4 rings (SSSR count). The lowest BCUT2D eigenvalue weighted by molar-refractivity contribution is 0.798. The van der Waals surface area contributed by atoms with Crippen molar-refractivity contribution < 1.29 is 0 Å². The maximum absolute atomic E-state index is 4.95. The van der Waals surface area contributed by atoms with Gasteiger partial charge in [-0.2, -0.15) is 5.10 Å². The van der Waals surface area contributed by atoms with Gasteiger partial charge >= 0.3 is 0 Å². The second-order valence-electron chi connectivity index (χ2n) is 9.37. The predicted octanol–water partition coefficient (Wildman–Crippen LogP) is 8.16. The van der Waals surface area contributed by atoms with Crippen molar-refractivity contribution in [2.75, 3.05) is 0 Å². The molecule has 152 valence electrons. The van der Waals surface area contributed by atoms with Gasteiger partial charge in [-0.25, -0.2) is 4.52 Å². The fourth-order valence-electron chi connectivity index (χ4n) is 5.68. The van der Waals surface area contributed by atoms with Gasteiger partial charge in [-0.05, 0) is 45.7 Å². The van der Waals surface area contributed by atoms with Crippen molar-refractivity contribution in [3.8, 4) is 0 Å². The van der Waals surface area contributed by atoms with Crippen LogP contribution in [0.25, 0.3) is 27.3 Å². The number of benzene rings is 2. The average molecular weight is 468 g/mol. The molecule has 4 aromatic rings. The van der Waals surface area contributed by atoms with Crippen LogP contribution in [0.5, 0.6) is 0 Å². The highest BCUT2D eigenvalue weighted by molar-refractivity contribution is 9.10. The molecule has 4 heteroatoms. The molecule has 0 unspecified atom stereocenters. The Labute approximate surface area is 183 Å². The molecule has 2 nitrogen and oxygen atoms in total. The summed E-state index contributed by atoms with van der Waals surface area (Å²) in [5, 5.41) is 7.51.